The molecule has 0 fully saturated rings. The fraction of sp³-hybridized carbons (Fsp3) is 0.355. The lowest BCUT2D eigenvalue weighted by molar-refractivity contribution is -0.140. The second-order valence-electron chi connectivity index (χ2n) is 10.3. The summed E-state index contributed by atoms with van der Waals surface area (Å²) in [6.07, 6.45) is 0.311. The van der Waals surface area contributed by atoms with Crippen LogP contribution in [0.15, 0.2) is 77.7 Å². The van der Waals surface area contributed by atoms with Gasteiger partial charge in [0, 0.05) is 13.1 Å². The number of halogens is 1. The number of hydrogen-bond donors (Lipinski definition) is 1. The molecule has 7 nitrogen and oxygen atoms in total. The first kappa shape index (κ1) is 30.8. The van der Waals surface area contributed by atoms with E-state index in [1.54, 1.807) is 19.1 Å². The van der Waals surface area contributed by atoms with Gasteiger partial charge in [0.15, 0.2) is 0 Å². The summed E-state index contributed by atoms with van der Waals surface area (Å²) in [5.74, 6) is -1.52. The Balaban J connectivity index is 2.05. The highest BCUT2D eigenvalue weighted by atomic mass is 32.2. The summed E-state index contributed by atoms with van der Waals surface area (Å²) in [6.45, 7) is 9.35. The van der Waals surface area contributed by atoms with Gasteiger partial charge in [-0.05, 0) is 56.0 Å². The van der Waals surface area contributed by atoms with Crippen molar-refractivity contribution in [2.75, 3.05) is 17.4 Å². The second-order valence-corrected chi connectivity index (χ2v) is 12.2. The second kappa shape index (κ2) is 13.6. The van der Waals surface area contributed by atoms with Crippen molar-refractivity contribution < 1.29 is 22.4 Å². The summed E-state index contributed by atoms with van der Waals surface area (Å²) in [4.78, 5) is 28.6. The fourth-order valence-corrected chi connectivity index (χ4v) is 5.66. The summed E-state index contributed by atoms with van der Waals surface area (Å²) in [5, 5.41) is 2.89. The van der Waals surface area contributed by atoms with Crippen molar-refractivity contribution in [2.24, 2.45) is 5.92 Å². The Bertz CT molecular complexity index is 1410. The normalized spacial score (nSPS) is 12.2. The molecular formula is C31H38FN3O4S. The van der Waals surface area contributed by atoms with Gasteiger partial charge < -0.3 is 10.2 Å². The van der Waals surface area contributed by atoms with Crippen LogP contribution in [0.2, 0.25) is 0 Å². The molecule has 0 aliphatic heterocycles. The van der Waals surface area contributed by atoms with Crippen LogP contribution in [0.25, 0.3) is 0 Å². The van der Waals surface area contributed by atoms with Gasteiger partial charge >= 0.3 is 0 Å². The Labute approximate surface area is 237 Å². The molecule has 0 aromatic heterocycles. The van der Waals surface area contributed by atoms with Crippen molar-refractivity contribution in [3.8, 4) is 0 Å². The van der Waals surface area contributed by atoms with Gasteiger partial charge in [-0.25, -0.2) is 12.8 Å². The van der Waals surface area contributed by atoms with Crippen LogP contribution in [0, 0.1) is 25.6 Å². The van der Waals surface area contributed by atoms with Gasteiger partial charge in [-0.3, -0.25) is 13.9 Å². The number of nitrogens with one attached hydrogen (secondary N) is 1. The van der Waals surface area contributed by atoms with Crippen LogP contribution in [0.5, 0.6) is 0 Å². The number of aryl methyl sites for hydroxylation is 2. The molecular weight excluding hydrogens is 529 g/mol. The number of amides is 2. The third kappa shape index (κ3) is 7.69. The summed E-state index contributed by atoms with van der Waals surface area (Å²) >= 11 is 0. The zero-order valence-electron chi connectivity index (χ0n) is 23.7. The minimum Gasteiger partial charge on any atom is -0.354 e. The van der Waals surface area contributed by atoms with Crippen LogP contribution in [-0.4, -0.2) is 44.3 Å². The van der Waals surface area contributed by atoms with E-state index in [2.05, 4.69) is 5.32 Å². The highest BCUT2D eigenvalue weighted by molar-refractivity contribution is 7.92. The predicted octanol–water partition coefficient (Wildman–Crippen LogP) is 5.22. The van der Waals surface area contributed by atoms with Gasteiger partial charge in [-0.15, -0.1) is 0 Å². The zero-order valence-corrected chi connectivity index (χ0v) is 24.5. The van der Waals surface area contributed by atoms with Crippen molar-refractivity contribution >= 4 is 27.5 Å². The predicted molar refractivity (Wildman–Crippen MR) is 156 cm³/mol. The molecule has 0 aliphatic rings. The van der Waals surface area contributed by atoms with Gasteiger partial charge in [-0.1, -0.05) is 80.4 Å². The number of anilines is 1. The number of para-hydroxylation sites is 1. The highest BCUT2D eigenvalue weighted by Gasteiger charge is 2.34. The number of carbonyl (C=O) groups excluding carboxylic acids is 2. The number of benzene rings is 3. The minimum absolute atomic E-state index is 0.0686. The molecule has 1 unspecified atom stereocenters. The van der Waals surface area contributed by atoms with Crippen molar-refractivity contribution in [1.82, 2.24) is 10.2 Å². The largest absolute Gasteiger partial charge is 0.354 e. The minimum atomic E-state index is -4.33. The number of nitrogens with zero attached hydrogens (tertiary/aromatic N) is 2. The Hall–Kier alpha value is -3.72. The molecule has 0 spiro atoms. The first-order chi connectivity index (χ1) is 18.9. The van der Waals surface area contributed by atoms with Gasteiger partial charge in [0.25, 0.3) is 10.0 Å². The molecule has 3 rings (SSSR count). The molecule has 1 N–H and O–H groups in total. The summed E-state index contributed by atoms with van der Waals surface area (Å²) in [5.41, 5.74) is 2.44. The molecule has 0 saturated heterocycles. The molecule has 9 heteroatoms. The maximum atomic E-state index is 15.0. The van der Waals surface area contributed by atoms with Crippen LogP contribution >= 0.6 is 0 Å². The Morgan fingerprint density at radius 3 is 2.02 bits per heavy atom. The summed E-state index contributed by atoms with van der Waals surface area (Å²) in [7, 11) is -4.33. The van der Waals surface area contributed by atoms with E-state index < -0.39 is 34.3 Å². The van der Waals surface area contributed by atoms with E-state index in [4.69, 9.17) is 0 Å². The molecule has 3 aromatic rings. The lowest BCUT2D eigenvalue weighted by atomic mass is 10.1. The van der Waals surface area contributed by atoms with Gasteiger partial charge in [0.2, 0.25) is 11.8 Å². The third-order valence-corrected chi connectivity index (χ3v) is 8.33. The number of rotatable bonds is 12. The molecule has 0 aliphatic carbocycles. The number of hydrogen-bond acceptors (Lipinski definition) is 4. The molecule has 3 aromatic carbocycles. The SMILES string of the molecule is CCC(C(=O)NCC(C)C)N(Cc1ccc(C)cc1)C(=O)CN(c1ccccc1F)S(=O)(=O)c1ccc(C)cc1. The molecule has 0 radical (unpaired) electrons. The maximum Gasteiger partial charge on any atom is 0.264 e. The standard InChI is InChI=1S/C31H38FN3O4S/c1-6-28(31(37)33-19-22(2)3)34(20-25-15-11-23(4)12-16-25)30(36)21-35(29-10-8-7-9-27(29)32)40(38,39)26-17-13-24(5)14-18-26/h7-18,22,28H,6,19-21H2,1-5H3,(H,33,37). The first-order valence-electron chi connectivity index (χ1n) is 13.4. The van der Waals surface area contributed by atoms with Crippen LogP contribution < -0.4 is 9.62 Å². The van der Waals surface area contributed by atoms with Crippen LogP contribution in [0.1, 0.15) is 43.9 Å². The Morgan fingerprint density at radius 2 is 1.48 bits per heavy atom. The van der Waals surface area contributed by atoms with Crippen molar-refractivity contribution in [2.45, 2.75) is 58.5 Å². The molecule has 214 valence electrons. The van der Waals surface area contributed by atoms with Crippen LogP contribution in [0.4, 0.5) is 10.1 Å². The van der Waals surface area contributed by atoms with Crippen LogP contribution in [-0.2, 0) is 26.2 Å². The van der Waals surface area contributed by atoms with E-state index in [1.165, 1.54) is 35.2 Å². The van der Waals surface area contributed by atoms with Gasteiger partial charge in [0.05, 0.1) is 10.6 Å². The van der Waals surface area contributed by atoms with E-state index in [9.17, 15) is 18.0 Å². The Kier molecular flexibility index (Phi) is 10.5. The average molecular weight is 568 g/mol. The molecule has 1 atom stereocenters. The Morgan fingerprint density at radius 1 is 0.900 bits per heavy atom. The highest BCUT2D eigenvalue weighted by Crippen LogP contribution is 2.27. The van der Waals surface area contributed by atoms with Gasteiger partial charge in [0.1, 0.15) is 18.4 Å². The number of sulfonamides is 1. The molecule has 40 heavy (non-hydrogen) atoms. The molecule has 0 bridgehead atoms. The lowest BCUT2D eigenvalue weighted by Gasteiger charge is -2.33. The van der Waals surface area contributed by atoms with Crippen molar-refractivity contribution in [3.05, 3.63) is 95.3 Å². The van der Waals surface area contributed by atoms with E-state index in [0.29, 0.717) is 13.0 Å². The first-order valence-corrected chi connectivity index (χ1v) is 14.8. The number of carbonyl (C=O) groups is 2. The fourth-order valence-electron chi connectivity index (χ4n) is 4.24. The van der Waals surface area contributed by atoms with Crippen LogP contribution in [0.3, 0.4) is 0 Å². The topological polar surface area (TPSA) is 86.8 Å². The maximum absolute atomic E-state index is 15.0. The average Bonchev–Trinajstić information content (AvgIpc) is 2.92. The van der Waals surface area contributed by atoms with Crippen molar-refractivity contribution in [3.63, 3.8) is 0 Å². The third-order valence-electron chi connectivity index (χ3n) is 6.55. The quantitative estimate of drug-likeness (QED) is 0.325. The smallest absolute Gasteiger partial charge is 0.264 e. The summed E-state index contributed by atoms with van der Waals surface area (Å²) < 4.78 is 43.4. The van der Waals surface area contributed by atoms with Crippen molar-refractivity contribution in [1.29, 1.82) is 0 Å². The van der Waals surface area contributed by atoms with E-state index >= 15 is 4.39 Å². The summed E-state index contributed by atoms with van der Waals surface area (Å²) in [6, 6.07) is 18.3. The van der Waals surface area contributed by atoms with E-state index in [-0.39, 0.29) is 29.0 Å². The molecule has 0 heterocycles. The lowest BCUT2D eigenvalue weighted by Crippen LogP contribution is -2.52. The monoisotopic (exact) mass is 567 g/mol. The zero-order chi connectivity index (χ0) is 29.4. The van der Waals surface area contributed by atoms with E-state index in [0.717, 1.165) is 27.1 Å². The van der Waals surface area contributed by atoms with E-state index in [1.807, 2.05) is 52.0 Å². The molecule has 0 saturated carbocycles. The van der Waals surface area contributed by atoms with Gasteiger partial charge in [-0.2, -0.15) is 0 Å². The molecule has 2 amide bonds.